The molecule has 0 radical (unpaired) electrons. The van der Waals surface area contributed by atoms with Gasteiger partial charge >= 0.3 is 0 Å². The maximum atomic E-state index is 12.0. The molecule has 0 heterocycles. The van der Waals surface area contributed by atoms with Gasteiger partial charge in [0.05, 0.1) is 17.2 Å². The number of hydrogen-bond acceptors (Lipinski definition) is 3. The van der Waals surface area contributed by atoms with Crippen molar-refractivity contribution in [3.8, 4) is 5.75 Å². The van der Waals surface area contributed by atoms with E-state index in [0.29, 0.717) is 26.9 Å². The van der Waals surface area contributed by atoms with Gasteiger partial charge in [0, 0.05) is 11.1 Å². The standard InChI is InChI=1S/C12H9BrO3/c1-6-10(13)12(15)7-4-3-5-8(16-2)9(7)11(6)14/h3-5H,1-2H3. The third-order valence-corrected chi connectivity index (χ3v) is 3.54. The molecule has 16 heavy (non-hydrogen) atoms. The van der Waals surface area contributed by atoms with Crippen LogP contribution in [0.5, 0.6) is 5.75 Å². The molecule has 0 aromatic heterocycles. The van der Waals surface area contributed by atoms with E-state index in [2.05, 4.69) is 15.9 Å². The molecular formula is C12H9BrO3. The Bertz CT molecular complexity index is 529. The van der Waals surface area contributed by atoms with Crippen LogP contribution in [0.3, 0.4) is 0 Å². The van der Waals surface area contributed by atoms with Crippen LogP contribution in [0.15, 0.2) is 28.3 Å². The maximum Gasteiger partial charge on any atom is 0.201 e. The van der Waals surface area contributed by atoms with Crippen LogP contribution in [-0.4, -0.2) is 18.7 Å². The first-order valence-electron chi connectivity index (χ1n) is 4.70. The number of hydrogen-bond donors (Lipinski definition) is 0. The molecule has 0 N–H and O–H groups in total. The molecular weight excluding hydrogens is 272 g/mol. The van der Waals surface area contributed by atoms with Crippen LogP contribution in [0.25, 0.3) is 0 Å². The number of carbonyl (C=O) groups excluding carboxylic acids is 2. The third kappa shape index (κ3) is 1.41. The van der Waals surface area contributed by atoms with Crippen LogP contribution in [0.4, 0.5) is 0 Å². The lowest BCUT2D eigenvalue weighted by molar-refractivity contribution is 0.0979. The smallest absolute Gasteiger partial charge is 0.201 e. The van der Waals surface area contributed by atoms with Gasteiger partial charge in [-0.05, 0) is 35.0 Å². The minimum atomic E-state index is -0.175. The first-order chi connectivity index (χ1) is 7.57. The number of allylic oxidation sites excluding steroid dienone is 2. The number of halogens is 1. The Balaban J connectivity index is 2.76. The molecule has 0 unspecified atom stereocenters. The Morgan fingerprint density at radius 3 is 2.50 bits per heavy atom. The summed E-state index contributed by atoms with van der Waals surface area (Å²) >= 11 is 3.14. The van der Waals surface area contributed by atoms with Gasteiger partial charge in [-0.1, -0.05) is 6.07 Å². The van der Waals surface area contributed by atoms with E-state index in [0.717, 1.165) is 0 Å². The van der Waals surface area contributed by atoms with E-state index >= 15 is 0 Å². The fraction of sp³-hybridized carbons (Fsp3) is 0.167. The summed E-state index contributed by atoms with van der Waals surface area (Å²) in [6, 6.07) is 5.01. The number of carbonyl (C=O) groups is 2. The van der Waals surface area contributed by atoms with E-state index in [4.69, 9.17) is 4.74 Å². The molecule has 0 aliphatic heterocycles. The second kappa shape index (κ2) is 3.87. The van der Waals surface area contributed by atoms with E-state index in [-0.39, 0.29) is 11.6 Å². The van der Waals surface area contributed by atoms with E-state index in [1.807, 2.05) is 0 Å². The van der Waals surface area contributed by atoms with Gasteiger partial charge in [-0.2, -0.15) is 0 Å². The predicted molar refractivity (Wildman–Crippen MR) is 63.3 cm³/mol. The van der Waals surface area contributed by atoms with Crippen LogP contribution >= 0.6 is 15.9 Å². The zero-order chi connectivity index (χ0) is 11.9. The van der Waals surface area contributed by atoms with E-state index < -0.39 is 0 Å². The lowest BCUT2D eigenvalue weighted by atomic mass is 9.89. The average molecular weight is 281 g/mol. The summed E-state index contributed by atoms with van der Waals surface area (Å²) in [5.41, 5.74) is 1.17. The van der Waals surface area contributed by atoms with Gasteiger partial charge in [0.15, 0.2) is 5.78 Å². The van der Waals surface area contributed by atoms with Gasteiger partial charge < -0.3 is 4.74 Å². The summed E-state index contributed by atoms with van der Waals surface area (Å²) in [6.45, 7) is 1.62. The molecule has 1 aliphatic rings. The van der Waals surface area contributed by atoms with Gasteiger partial charge in [0.25, 0.3) is 0 Å². The Morgan fingerprint density at radius 2 is 1.88 bits per heavy atom. The highest BCUT2D eigenvalue weighted by atomic mass is 79.9. The lowest BCUT2D eigenvalue weighted by Crippen LogP contribution is -2.19. The highest BCUT2D eigenvalue weighted by molar-refractivity contribution is 9.12. The van der Waals surface area contributed by atoms with Crippen LogP contribution in [0, 0.1) is 0 Å². The number of ether oxygens (including phenoxy) is 1. The van der Waals surface area contributed by atoms with Crippen LogP contribution < -0.4 is 4.74 Å². The number of benzene rings is 1. The minimum absolute atomic E-state index is 0.168. The van der Waals surface area contributed by atoms with Crippen LogP contribution in [-0.2, 0) is 0 Å². The van der Waals surface area contributed by atoms with Crippen LogP contribution in [0.2, 0.25) is 0 Å². The average Bonchev–Trinajstić information content (AvgIpc) is 2.32. The molecule has 0 spiro atoms. The van der Waals surface area contributed by atoms with E-state index in [1.165, 1.54) is 7.11 Å². The van der Waals surface area contributed by atoms with E-state index in [1.54, 1.807) is 25.1 Å². The molecule has 0 fully saturated rings. The summed E-state index contributed by atoms with van der Waals surface area (Å²) in [6.07, 6.45) is 0. The number of rotatable bonds is 1. The van der Waals surface area contributed by atoms with Crippen molar-refractivity contribution in [2.24, 2.45) is 0 Å². The molecule has 1 aliphatic carbocycles. The number of ketones is 2. The molecule has 2 rings (SSSR count). The summed E-state index contributed by atoms with van der Waals surface area (Å²) in [4.78, 5) is 24.0. The van der Waals surface area contributed by atoms with Crippen molar-refractivity contribution in [2.75, 3.05) is 7.11 Å². The third-order valence-electron chi connectivity index (χ3n) is 2.59. The van der Waals surface area contributed by atoms with Gasteiger partial charge in [-0.15, -0.1) is 0 Å². The van der Waals surface area contributed by atoms with Crippen molar-refractivity contribution >= 4 is 27.5 Å². The molecule has 0 bridgehead atoms. The largest absolute Gasteiger partial charge is 0.496 e. The van der Waals surface area contributed by atoms with Gasteiger partial charge in [-0.3, -0.25) is 9.59 Å². The Hall–Kier alpha value is -1.42. The molecule has 1 aromatic carbocycles. The van der Waals surface area contributed by atoms with Gasteiger partial charge in [0.2, 0.25) is 5.78 Å². The first kappa shape index (κ1) is 11.1. The van der Waals surface area contributed by atoms with Crippen molar-refractivity contribution in [1.82, 2.24) is 0 Å². The summed E-state index contributed by atoms with van der Waals surface area (Å²) < 4.78 is 5.44. The fourth-order valence-electron chi connectivity index (χ4n) is 1.70. The van der Waals surface area contributed by atoms with Crippen molar-refractivity contribution in [3.63, 3.8) is 0 Å². The quantitative estimate of drug-likeness (QED) is 0.795. The molecule has 82 valence electrons. The first-order valence-corrected chi connectivity index (χ1v) is 5.50. The summed E-state index contributed by atoms with van der Waals surface area (Å²) in [7, 11) is 1.48. The second-order valence-electron chi connectivity index (χ2n) is 3.48. The molecule has 3 nitrogen and oxygen atoms in total. The summed E-state index contributed by atoms with van der Waals surface area (Å²) in [5, 5.41) is 0. The molecule has 4 heteroatoms. The summed E-state index contributed by atoms with van der Waals surface area (Å²) in [5.74, 6) is 0.0973. The Morgan fingerprint density at radius 1 is 1.19 bits per heavy atom. The normalized spacial score (nSPS) is 15.2. The Kier molecular flexibility index (Phi) is 2.68. The molecule has 0 amide bonds. The van der Waals surface area contributed by atoms with Crippen molar-refractivity contribution in [1.29, 1.82) is 0 Å². The number of methoxy groups -OCH3 is 1. The highest BCUT2D eigenvalue weighted by Crippen LogP contribution is 2.34. The predicted octanol–water partition coefficient (Wildman–Crippen LogP) is 2.74. The maximum absolute atomic E-state index is 12.0. The van der Waals surface area contributed by atoms with Gasteiger partial charge in [0.1, 0.15) is 5.75 Å². The van der Waals surface area contributed by atoms with E-state index in [9.17, 15) is 9.59 Å². The number of Topliss-reactive ketones (excluding diaryl/α,β-unsaturated/α-hetero) is 2. The van der Waals surface area contributed by atoms with Crippen molar-refractivity contribution in [3.05, 3.63) is 39.4 Å². The van der Waals surface area contributed by atoms with Crippen LogP contribution in [0.1, 0.15) is 27.6 Å². The zero-order valence-electron chi connectivity index (χ0n) is 8.83. The van der Waals surface area contributed by atoms with Crippen molar-refractivity contribution in [2.45, 2.75) is 6.92 Å². The minimum Gasteiger partial charge on any atom is -0.496 e. The monoisotopic (exact) mass is 280 g/mol. The Labute approximate surface area is 101 Å². The molecule has 0 saturated carbocycles. The SMILES string of the molecule is COc1cccc2c1C(=O)C(C)=C(Br)C2=O. The molecule has 0 saturated heterocycles. The zero-order valence-corrected chi connectivity index (χ0v) is 10.4. The topological polar surface area (TPSA) is 43.4 Å². The van der Waals surface area contributed by atoms with Gasteiger partial charge in [-0.25, -0.2) is 0 Å². The fourth-order valence-corrected chi connectivity index (χ4v) is 2.09. The molecule has 0 atom stereocenters. The molecule has 1 aromatic rings. The highest BCUT2D eigenvalue weighted by Gasteiger charge is 2.30. The van der Waals surface area contributed by atoms with Crippen molar-refractivity contribution < 1.29 is 14.3 Å². The lowest BCUT2D eigenvalue weighted by Gasteiger charge is -2.17. The number of fused-ring (bicyclic) bond motifs is 1. The second-order valence-corrected chi connectivity index (χ2v) is 4.27.